The Labute approximate surface area is 162 Å². The smallest absolute Gasteiger partial charge is 0.322 e. The Bertz CT molecular complexity index is 705. The van der Waals surface area contributed by atoms with Gasteiger partial charge in [-0.25, -0.2) is 0 Å². The Kier molecular flexibility index (Phi) is 8.89. The molecule has 10 nitrogen and oxygen atoms in total. The summed E-state index contributed by atoms with van der Waals surface area (Å²) in [5, 5.41) is 24.9. The van der Waals surface area contributed by atoms with Gasteiger partial charge in [0.05, 0.1) is 12.6 Å². The van der Waals surface area contributed by atoms with Gasteiger partial charge >= 0.3 is 5.97 Å². The number of rotatable bonds is 10. The molecule has 1 rings (SSSR count). The maximum atomic E-state index is 12.0. The molecule has 0 radical (unpaired) electrons. The second kappa shape index (κ2) is 10.9. The molecule has 0 heterocycles. The first-order chi connectivity index (χ1) is 13.1. The Morgan fingerprint density at radius 3 is 2.11 bits per heavy atom. The van der Waals surface area contributed by atoms with Gasteiger partial charge in [-0.15, -0.1) is 0 Å². The van der Waals surface area contributed by atoms with Crippen LogP contribution in [0.25, 0.3) is 0 Å². The van der Waals surface area contributed by atoms with Gasteiger partial charge in [0.1, 0.15) is 18.3 Å². The van der Waals surface area contributed by atoms with E-state index in [-0.39, 0.29) is 24.6 Å². The molecule has 0 saturated carbocycles. The molecule has 0 saturated heterocycles. The lowest BCUT2D eigenvalue weighted by Crippen LogP contribution is -2.53. The van der Waals surface area contributed by atoms with E-state index in [1.165, 1.54) is 12.1 Å². The van der Waals surface area contributed by atoms with Crippen LogP contribution in [0.15, 0.2) is 24.3 Å². The predicted octanol–water partition coefficient (Wildman–Crippen LogP) is -1.28. The van der Waals surface area contributed by atoms with Crippen molar-refractivity contribution in [3.8, 4) is 5.75 Å². The van der Waals surface area contributed by atoms with Gasteiger partial charge in [-0.3, -0.25) is 19.2 Å². The molecule has 7 N–H and O–H groups in total. The molecule has 0 bridgehead atoms. The van der Waals surface area contributed by atoms with Crippen molar-refractivity contribution in [3.63, 3.8) is 0 Å². The second-order valence-electron chi connectivity index (χ2n) is 6.60. The normalized spacial score (nSPS) is 12.7. The number of nitrogens with two attached hydrogens (primary N) is 1. The van der Waals surface area contributed by atoms with E-state index < -0.39 is 42.3 Å². The molecule has 3 amide bonds. The summed E-state index contributed by atoms with van der Waals surface area (Å²) >= 11 is 0. The molecule has 154 valence electrons. The summed E-state index contributed by atoms with van der Waals surface area (Å²) in [6.45, 7) is 2.45. The highest BCUT2D eigenvalue weighted by Gasteiger charge is 2.25. The third-order valence-corrected chi connectivity index (χ3v) is 3.83. The fourth-order valence-corrected chi connectivity index (χ4v) is 2.31. The van der Waals surface area contributed by atoms with Crippen LogP contribution in [-0.2, 0) is 25.6 Å². The number of carboxylic acid groups (broad SMARTS) is 1. The van der Waals surface area contributed by atoms with Gasteiger partial charge in [0.2, 0.25) is 17.7 Å². The number of aliphatic carboxylic acids is 1. The summed E-state index contributed by atoms with van der Waals surface area (Å²) in [7, 11) is 0. The standard InChI is InChI=1S/C18H26N4O6/c1-10(2)16(18(28)21-9-15(25)26)22-14(24)8-20-17(27)13(19)7-11-3-5-12(23)6-4-11/h3-6,10,13,16,23H,7-9,19H2,1-2H3,(H,20,27)(H,21,28)(H,22,24)(H,25,26)/t13-,16-/m0/s1. The molecule has 0 aromatic heterocycles. The van der Waals surface area contributed by atoms with Crippen molar-refractivity contribution in [1.29, 1.82) is 0 Å². The molecule has 0 aliphatic heterocycles. The predicted molar refractivity (Wildman–Crippen MR) is 100 cm³/mol. The molecule has 0 spiro atoms. The van der Waals surface area contributed by atoms with Gasteiger partial charge in [-0.1, -0.05) is 26.0 Å². The SMILES string of the molecule is CC(C)[C@H](NC(=O)CNC(=O)[C@@H](N)Cc1ccc(O)cc1)C(=O)NCC(=O)O. The molecule has 28 heavy (non-hydrogen) atoms. The number of phenols is 1. The first kappa shape index (κ1) is 22.9. The van der Waals surface area contributed by atoms with Crippen LogP contribution in [0.3, 0.4) is 0 Å². The van der Waals surface area contributed by atoms with Crippen LogP contribution in [0, 0.1) is 5.92 Å². The molecule has 0 aliphatic carbocycles. The Balaban J connectivity index is 2.49. The van der Waals surface area contributed by atoms with Crippen molar-refractivity contribution in [2.24, 2.45) is 11.7 Å². The third-order valence-electron chi connectivity index (χ3n) is 3.83. The maximum Gasteiger partial charge on any atom is 0.322 e. The fourth-order valence-electron chi connectivity index (χ4n) is 2.31. The van der Waals surface area contributed by atoms with Gasteiger partial charge in [0.15, 0.2) is 0 Å². The first-order valence-electron chi connectivity index (χ1n) is 8.70. The number of carbonyl (C=O) groups is 4. The molecular formula is C18H26N4O6. The van der Waals surface area contributed by atoms with Crippen molar-refractivity contribution in [1.82, 2.24) is 16.0 Å². The van der Waals surface area contributed by atoms with Crippen LogP contribution in [0.2, 0.25) is 0 Å². The van der Waals surface area contributed by atoms with Crippen LogP contribution in [-0.4, -0.2) is 59.1 Å². The Hall–Kier alpha value is -3.14. The summed E-state index contributed by atoms with van der Waals surface area (Å²) in [6, 6.07) is 4.41. The van der Waals surface area contributed by atoms with Crippen LogP contribution in [0.4, 0.5) is 0 Å². The number of carboxylic acids is 1. The van der Waals surface area contributed by atoms with Gasteiger partial charge < -0.3 is 31.9 Å². The van der Waals surface area contributed by atoms with E-state index in [2.05, 4.69) is 16.0 Å². The Morgan fingerprint density at radius 2 is 1.57 bits per heavy atom. The summed E-state index contributed by atoms with van der Waals surface area (Å²) in [6.07, 6.45) is 0.222. The maximum absolute atomic E-state index is 12.0. The van der Waals surface area contributed by atoms with Crippen LogP contribution in [0.1, 0.15) is 19.4 Å². The van der Waals surface area contributed by atoms with E-state index in [1.807, 2.05) is 0 Å². The van der Waals surface area contributed by atoms with Gasteiger partial charge in [0.25, 0.3) is 0 Å². The van der Waals surface area contributed by atoms with Crippen molar-refractivity contribution in [2.45, 2.75) is 32.4 Å². The number of aromatic hydroxyl groups is 1. The number of benzene rings is 1. The number of amides is 3. The lowest BCUT2D eigenvalue weighted by molar-refractivity contribution is -0.138. The highest BCUT2D eigenvalue weighted by molar-refractivity contribution is 5.92. The summed E-state index contributed by atoms with van der Waals surface area (Å²) in [4.78, 5) is 46.6. The number of hydrogen-bond donors (Lipinski definition) is 6. The van der Waals surface area contributed by atoms with Gasteiger partial charge in [0, 0.05) is 0 Å². The Morgan fingerprint density at radius 1 is 1.00 bits per heavy atom. The van der Waals surface area contributed by atoms with Crippen LogP contribution >= 0.6 is 0 Å². The zero-order valence-corrected chi connectivity index (χ0v) is 15.8. The van der Waals surface area contributed by atoms with Crippen LogP contribution in [0.5, 0.6) is 5.75 Å². The highest BCUT2D eigenvalue weighted by Crippen LogP contribution is 2.10. The average molecular weight is 394 g/mol. The first-order valence-corrected chi connectivity index (χ1v) is 8.70. The van der Waals surface area contributed by atoms with E-state index >= 15 is 0 Å². The number of carbonyl (C=O) groups excluding carboxylic acids is 3. The molecule has 0 unspecified atom stereocenters. The van der Waals surface area contributed by atoms with E-state index in [9.17, 15) is 24.3 Å². The zero-order valence-electron chi connectivity index (χ0n) is 15.8. The van der Waals surface area contributed by atoms with Gasteiger partial charge in [-0.2, -0.15) is 0 Å². The highest BCUT2D eigenvalue weighted by atomic mass is 16.4. The minimum absolute atomic E-state index is 0.102. The van der Waals surface area contributed by atoms with E-state index in [0.29, 0.717) is 0 Å². The van der Waals surface area contributed by atoms with Crippen LogP contribution < -0.4 is 21.7 Å². The summed E-state index contributed by atoms with van der Waals surface area (Å²) in [5.74, 6) is -3.15. The molecule has 0 fully saturated rings. The molecule has 1 aromatic carbocycles. The quantitative estimate of drug-likeness (QED) is 0.287. The van der Waals surface area contributed by atoms with E-state index in [4.69, 9.17) is 10.8 Å². The minimum atomic E-state index is -1.20. The number of phenolic OH excluding ortho intramolecular Hbond substituents is 1. The zero-order chi connectivity index (χ0) is 21.3. The summed E-state index contributed by atoms with van der Waals surface area (Å²) in [5.41, 5.74) is 6.56. The lowest BCUT2D eigenvalue weighted by atomic mass is 10.0. The summed E-state index contributed by atoms with van der Waals surface area (Å²) < 4.78 is 0. The number of nitrogens with one attached hydrogen (secondary N) is 3. The van der Waals surface area contributed by atoms with Crippen molar-refractivity contribution < 1.29 is 29.4 Å². The lowest BCUT2D eigenvalue weighted by Gasteiger charge is -2.21. The monoisotopic (exact) mass is 394 g/mol. The van der Waals surface area contributed by atoms with E-state index in [0.717, 1.165) is 5.56 Å². The largest absolute Gasteiger partial charge is 0.508 e. The van der Waals surface area contributed by atoms with Gasteiger partial charge in [-0.05, 0) is 30.0 Å². The van der Waals surface area contributed by atoms with Crippen molar-refractivity contribution >= 4 is 23.7 Å². The fraction of sp³-hybridized carbons (Fsp3) is 0.444. The van der Waals surface area contributed by atoms with Crippen molar-refractivity contribution in [2.75, 3.05) is 13.1 Å². The van der Waals surface area contributed by atoms with Crippen molar-refractivity contribution in [3.05, 3.63) is 29.8 Å². The molecule has 0 aliphatic rings. The minimum Gasteiger partial charge on any atom is -0.508 e. The third kappa shape index (κ3) is 8.04. The molecule has 2 atom stereocenters. The molecule has 1 aromatic rings. The molecule has 10 heteroatoms. The molecular weight excluding hydrogens is 368 g/mol. The van der Waals surface area contributed by atoms with E-state index in [1.54, 1.807) is 26.0 Å². The average Bonchev–Trinajstić information content (AvgIpc) is 2.63. The number of hydrogen-bond acceptors (Lipinski definition) is 6. The topological polar surface area (TPSA) is 171 Å². The second-order valence-corrected chi connectivity index (χ2v) is 6.60.